The molecule has 0 rings (SSSR count). The van der Waals surface area contributed by atoms with Crippen molar-refractivity contribution in [1.82, 2.24) is 0 Å². The minimum absolute atomic E-state index is 0. The number of carboxylic acid groups (broad SMARTS) is 1. The van der Waals surface area contributed by atoms with Gasteiger partial charge in [0.15, 0.2) is 0 Å². The van der Waals surface area contributed by atoms with Crippen molar-refractivity contribution in [3.63, 3.8) is 0 Å². The monoisotopic (exact) mass is 114 g/mol. The molecule has 0 aromatic heterocycles. The van der Waals surface area contributed by atoms with Gasteiger partial charge in [-0.25, -0.2) is 4.39 Å². The maximum absolute atomic E-state index is 11.2. The molecular formula is C3H4FNaO2. The molecule has 0 aliphatic heterocycles. The fourth-order valence-corrected chi connectivity index (χ4v) is 0. The van der Waals surface area contributed by atoms with Crippen molar-refractivity contribution in [2.75, 3.05) is 0 Å². The number of aliphatic carboxylic acids is 1. The van der Waals surface area contributed by atoms with Crippen LogP contribution in [0.2, 0.25) is 0 Å². The number of rotatable bonds is 1. The van der Waals surface area contributed by atoms with Crippen LogP contribution >= 0.6 is 0 Å². The quantitative estimate of drug-likeness (QED) is 0.327. The van der Waals surface area contributed by atoms with Gasteiger partial charge in [-0.2, -0.15) is 0 Å². The van der Waals surface area contributed by atoms with Crippen LogP contribution in [-0.4, -0.2) is 12.1 Å². The predicted molar refractivity (Wildman–Crippen MR) is 15.6 cm³/mol. The molecule has 1 unspecified atom stereocenters. The zero-order valence-electron chi connectivity index (χ0n) is 4.27. The molecule has 0 saturated carbocycles. The van der Waals surface area contributed by atoms with E-state index in [9.17, 15) is 14.3 Å². The first kappa shape index (κ1) is 10.4. The first-order chi connectivity index (χ1) is 2.64. The third kappa shape index (κ3) is 6.40. The van der Waals surface area contributed by atoms with E-state index in [1.807, 2.05) is 0 Å². The van der Waals surface area contributed by atoms with Crippen molar-refractivity contribution in [3.05, 3.63) is 0 Å². The van der Waals surface area contributed by atoms with E-state index in [1.54, 1.807) is 0 Å². The number of carbonyl (C=O) groups excluding carboxylic acids is 1. The first-order valence-electron chi connectivity index (χ1n) is 1.49. The molecule has 0 aromatic rings. The summed E-state index contributed by atoms with van der Waals surface area (Å²) in [4.78, 5) is 9.21. The zero-order chi connectivity index (χ0) is 5.15. The minimum atomic E-state index is -1.84. The van der Waals surface area contributed by atoms with E-state index in [0.717, 1.165) is 6.92 Å². The molecule has 0 aliphatic rings. The van der Waals surface area contributed by atoms with Crippen molar-refractivity contribution >= 4 is 5.97 Å². The second-order valence-electron chi connectivity index (χ2n) is 0.935. The molecule has 2 nitrogen and oxygen atoms in total. The van der Waals surface area contributed by atoms with Crippen LogP contribution in [0.5, 0.6) is 0 Å². The Morgan fingerprint density at radius 1 is 1.86 bits per heavy atom. The molecular weight excluding hydrogens is 110 g/mol. The van der Waals surface area contributed by atoms with E-state index >= 15 is 0 Å². The van der Waals surface area contributed by atoms with Gasteiger partial charge >= 0.3 is 29.6 Å². The Hall–Kier alpha value is 0.400. The van der Waals surface area contributed by atoms with E-state index in [-0.39, 0.29) is 29.6 Å². The molecule has 0 aliphatic carbocycles. The van der Waals surface area contributed by atoms with Crippen molar-refractivity contribution in [2.24, 2.45) is 0 Å². The van der Waals surface area contributed by atoms with Crippen LogP contribution in [0.3, 0.4) is 0 Å². The molecule has 0 N–H and O–H groups in total. The first-order valence-corrected chi connectivity index (χ1v) is 1.49. The van der Waals surface area contributed by atoms with Gasteiger partial charge in [-0.1, -0.05) is 0 Å². The summed E-state index contributed by atoms with van der Waals surface area (Å²) in [5.41, 5.74) is 0. The van der Waals surface area contributed by atoms with E-state index in [1.165, 1.54) is 0 Å². The summed E-state index contributed by atoms with van der Waals surface area (Å²) >= 11 is 0. The van der Waals surface area contributed by atoms with Gasteiger partial charge in [0.1, 0.15) is 6.17 Å². The Morgan fingerprint density at radius 2 is 2.00 bits per heavy atom. The van der Waals surface area contributed by atoms with Crippen molar-refractivity contribution in [1.29, 1.82) is 0 Å². The molecule has 1 atom stereocenters. The van der Waals surface area contributed by atoms with Crippen LogP contribution in [0.15, 0.2) is 0 Å². The number of hydrogen-bond donors (Lipinski definition) is 0. The van der Waals surface area contributed by atoms with Gasteiger partial charge in [-0.15, -0.1) is 0 Å². The van der Waals surface area contributed by atoms with Crippen LogP contribution in [0.4, 0.5) is 4.39 Å². The Bertz CT molecular complexity index is 64.0. The summed E-state index contributed by atoms with van der Waals surface area (Å²) in [5.74, 6) is -1.66. The molecule has 0 aromatic carbocycles. The molecule has 0 saturated heterocycles. The Morgan fingerprint density at radius 3 is 2.00 bits per heavy atom. The number of alkyl halides is 1. The van der Waals surface area contributed by atoms with Crippen LogP contribution in [-0.2, 0) is 4.79 Å². The van der Waals surface area contributed by atoms with E-state index in [4.69, 9.17) is 0 Å². The fraction of sp³-hybridized carbons (Fsp3) is 0.667. The molecule has 0 heterocycles. The third-order valence-electron chi connectivity index (χ3n) is 0.325. The number of halogens is 1. The van der Waals surface area contributed by atoms with Gasteiger partial charge in [0, 0.05) is 0 Å². The van der Waals surface area contributed by atoms with Crippen LogP contribution in [0.1, 0.15) is 6.92 Å². The normalized spacial score (nSPS) is 11.7. The Labute approximate surface area is 63.0 Å². The predicted octanol–water partition coefficient (Wildman–Crippen LogP) is -3.90. The summed E-state index contributed by atoms with van der Waals surface area (Å²) in [6, 6.07) is 0. The summed E-state index contributed by atoms with van der Waals surface area (Å²) in [6.07, 6.45) is -1.84. The van der Waals surface area contributed by atoms with E-state index in [2.05, 4.69) is 0 Å². The van der Waals surface area contributed by atoms with Crippen molar-refractivity contribution in [2.45, 2.75) is 13.1 Å². The molecule has 7 heavy (non-hydrogen) atoms. The maximum Gasteiger partial charge on any atom is 1.00 e. The molecule has 0 fully saturated rings. The molecule has 0 spiro atoms. The van der Waals surface area contributed by atoms with Crippen LogP contribution < -0.4 is 34.7 Å². The van der Waals surface area contributed by atoms with Crippen LogP contribution in [0.25, 0.3) is 0 Å². The van der Waals surface area contributed by atoms with E-state index in [0.29, 0.717) is 0 Å². The largest absolute Gasteiger partial charge is 1.00 e. The number of hydrogen-bond acceptors (Lipinski definition) is 2. The van der Waals surface area contributed by atoms with Crippen LogP contribution in [0, 0.1) is 0 Å². The SMILES string of the molecule is CC(F)C(=O)[O-].[Na+]. The second-order valence-corrected chi connectivity index (χ2v) is 0.935. The number of carbonyl (C=O) groups is 1. The van der Waals surface area contributed by atoms with Crippen molar-refractivity contribution < 1.29 is 43.8 Å². The third-order valence-corrected chi connectivity index (χ3v) is 0.325. The second kappa shape index (κ2) is 4.56. The average Bonchev–Trinajstić information content (AvgIpc) is 1.36. The van der Waals surface area contributed by atoms with Crippen molar-refractivity contribution in [3.8, 4) is 0 Å². The van der Waals surface area contributed by atoms with Gasteiger partial charge < -0.3 is 9.90 Å². The average molecular weight is 114 g/mol. The Balaban J connectivity index is 0. The Kier molecular flexibility index (Phi) is 6.77. The zero-order valence-corrected chi connectivity index (χ0v) is 6.27. The maximum atomic E-state index is 11.2. The smallest absolute Gasteiger partial charge is 0.547 e. The topological polar surface area (TPSA) is 40.1 Å². The molecule has 0 amide bonds. The molecule has 4 heteroatoms. The van der Waals surface area contributed by atoms with Gasteiger partial charge in [0.25, 0.3) is 0 Å². The van der Waals surface area contributed by atoms with Gasteiger partial charge in [-0.05, 0) is 6.92 Å². The molecule has 0 radical (unpaired) electrons. The fourth-order valence-electron chi connectivity index (χ4n) is 0. The summed E-state index contributed by atoms with van der Waals surface area (Å²) in [7, 11) is 0. The molecule has 36 valence electrons. The van der Waals surface area contributed by atoms with Gasteiger partial charge in [0.2, 0.25) is 0 Å². The van der Waals surface area contributed by atoms with E-state index < -0.39 is 12.1 Å². The number of carboxylic acids is 1. The van der Waals surface area contributed by atoms with Gasteiger partial charge in [-0.3, -0.25) is 0 Å². The summed E-state index contributed by atoms with van der Waals surface area (Å²) in [6.45, 7) is 0.912. The molecule has 0 bridgehead atoms. The summed E-state index contributed by atoms with van der Waals surface area (Å²) in [5, 5.41) is 9.21. The van der Waals surface area contributed by atoms with Gasteiger partial charge in [0.05, 0.1) is 5.97 Å². The standard InChI is InChI=1S/C3H5FO2.Na/c1-2(4)3(5)6;/h2H,1H3,(H,5,6);/q;+1/p-1. The summed E-state index contributed by atoms with van der Waals surface area (Å²) < 4.78 is 11.2. The minimum Gasteiger partial charge on any atom is -0.547 e.